The second kappa shape index (κ2) is 8.90. The summed E-state index contributed by atoms with van der Waals surface area (Å²) < 4.78 is 16.1. The first-order valence-corrected chi connectivity index (χ1v) is 10.9. The summed E-state index contributed by atoms with van der Waals surface area (Å²) in [5.74, 6) is 1.04. The van der Waals surface area contributed by atoms with Crippen molar-refractivity contribution in [2.24, 2.45) is 5.10 Å². The molecule has 8 nitrogen and oxygen atoms in total. The van der Waals surface area contributed by atoms with Crippen molar-refractivity contribution >= 4 is 22.9 Å². The number of methoxy groups -OCH3 is 3. The van der Waals surface area contributed by atoms with Crippen LogP contribution in [0.15, 0.2) is 53.6 Å². The Balaban J connectivity index is 1.36. The molecule has 0 saturated heterocycles. The SMILES string of the molecule is COc1ccc(/C=N/NC(=O)c2cc(-c3ccc4c5c(cccc35)CC4)n[nH]2)c(OC)c1OC. The summed E-state index contributed by atoms with van der Waals surface area (Å²) in [6, 6.07) is 15.8. The molecule has 4 aromatic rings. The number of hydrogen-bond donors (Lipinski definition) is 2. The minimum atomic E-state index is -0.402. The average molecular weight is 457 g/mol. The first-order valence-electron chi connectivity index (χ1n) is 10.9. The first kappa shape index (κ1) is 21.5. The third-order valence-electron chi connectivity index (χ3n) is 6.08. The van der Waals surface area contributed by atoms with Crippen molar-refractivity contribution in [3.8, 4) is 28.5 Å². The van der Waals surface area contributed by atoms with E-state index in [1.165, 1.54) is 36.9 Å². The predicted octanol–water partition coefficient (Wildman–Crippen LogP) is 4.12. The number of aromatic amines is 1. The first-order chi connectivity index (χ1) is 16.6. The lowest BCUT2D eigenvalue weighted by atomic mass is 9.98. The highest BCUT2D eigenvalue weighted by atomic mass is 16.5. The number of aromatic nitrogens is 2. The highest BCUT2D eigenvalue weighted by Crippen LogP contribution is 2.39. The van der Waals surface area contributed by atoms with Gasteiger partial charge in [0.15, 0.2) is 11.5 Å². The van der Waals surface area contributed by atoms with Crippen LogP contribution in [0.2, 0.25) is 0 Å². The van der Waals surface area contributed by atoms with Crippen LogP contribution in [0.3, 0.4) is 0 Å². The number of aryl methyl sites for hydroxylation is 2. The third-order valence-corrected chi connectivity index (χ3v) is 6.08. The third kappa shape index (κ3) is 3.63. The molecule has 5 rings (SSSR count). The van der Waals surface area contributed by atoms with Gasteiger partial charge in [0.1, 0.15) is 5.69 Å². The van der Waals surface area contributed by atoms with Gasteiger partial charge in [0.25, 0.3) is 5.91 Å². The molecule has 8 heteroatoms. The number of nitrogens with one attached hydrogen (secondary N) is 2. The number of hydrazone groups is 1. The van der Waals surface area contributed by atoms with Crippen LogP contribution in [0.25, 0.3) is 22.0 Å². The maximum absolute atomic E-state index is 12.7. The van der Waals surface area contributed by atoms with E-state index < -0.39 is 5.91 Å². The smallest absolute Gasteiger partial charge is 0.289 e. The lowest BCUT2D eigenvalue weighted by molar-refractivity contribution is 0.0950. The van der Waals surface area contributed by atoms with Crippen LogP contribution < -0.4 is 19.6 Å². The average Bonchev–Trinajstić information content (AvgIpc) is 3.53. The summed E-state index contributed by atoms with van der Waals surface area (Å²) in [5, 5.41) is 13.7. The van der Waals surface area contributed by atoms with Gasteiger partial charge in [-0.1, -0.05) is 30.3 Å². The molecular formula is C26H24N4O4. The minimum absolute atomic E-state index is 0.315. The molecule has 0 unspecified atom stereocenters. The zero-order valence-electron chi connectivity index (χ0n) is 19.1. The van der Waals surface area contributed by atoms with Crippen molar-refractivity contribution in [2.75, 3.05) is 21.3 Å². The fourth-order valence-corrected chi connectivity index (χ4v) is 4.49. The number of rotatable bonds is 7. The molecular weight excluding hydrogens is 432 g/mol. The molecule has 0 fully saturated rings. The highest BCUT2D eigenvalue weighted by Gasteiger charge is 2.19. The lowest BCUT2D eigenvalue weighted by Gasteiger charge is -2.13. The molecule has 1 heterocycles. The van der Waals surface area contributed by atoms with Crippen molar-refractivity contribution in [3.05, 3.63) is 70.9 Å². The molecule has 0 aliphatic heterocycles. The van der Waals surface area contributed by atoms with Crippen LogP contribution in [0, 0.1) is 0 Å². The molecule has 3 aromatic carbocycles. The van der Waals surface area contributed by atoms with Gasteiger partial charge in [0.05, 0.1) is 33.2 Å². The van der Waals surface area contributed by atoms with E-state index in [2.05, 4.69) is 51.1 Å². The number of amides is 1. The standard InChI is InChI=1S/C26H24N4O4/c1-32-22-12-10-17(24(33-2)25(22)34-3)14-27-30-26(31)21-13-20(28-29-21)18-11-9-16-8-7-15-5-4-6-19(18)23(15)16/h4-6,9-14H,7-8H2,1-3H3,(H,28,29)(H,30,31)/b27-14+. The van der Waals surface area contributed by atoms with Crippen molar-refractivity contribution in [1.82, 2.24) is 15.6 Å². The van der Waals surface area contributed by atoms with Crippen molar-refractivity contribution in [2.45, 2.75) is 12.8 Å². The van der Waals surface area contributed by atoms with Crippen LogP contribution in [0.1, 0.15) is 27.2 Å². The minimum Gasteiger partial charge on any atom is -0.493 e. The second-order valence-electron chi connectivity index (χ2n) is 7.90. The Morgan fingerprint density at radius 1 is 1.00 bits per heavy atom. The summed E-state index contributed by atoms with van der Waals surface area (Å²) in [6.45, 7) is 0. The molecule has 2 N–H and O–H groups in total. The number of H-pyrrole nitrogens is 1. The normalized spacial score (nSPS) is 12.3. The van der Waals surface area contributed by atoms with Crippen molar-refractivity contribution < 1.29 is 19.0 Å². The second-order valence-corrected chi connectivity index (χ2v) is 7.90. The summed E-state index contributed by atoms with van der Waals surface area (Å²) in [5.41, 5.74) is 7.90. The maximum Gasteiger partial charge on any atom is 0.289 e. The molecule has 0 spiro atoms. The van der Waals surface area contributed by atoms with Gasteiger partial charge in [0, 0.05) is 11.1 Å². The largest absolute Gasteiger partial charge is 0.493 e. The lowest BCUT2D eigenvalue weighted by Crippen LogP contribution is -2.18. The number of hydrogen-bond acceptors (Lipinski definition) is 6. The van der Waals surface area contributed by atoms with E-state index in [-0.39, 0.29) is 0 Å². The van der Waals surface area contributed by atoms with Gasteiger partial charge in [0.2, 0.25) is 5.75 Å². The molecule has 0 atom stereocenters. The Bertz CT molecular complexity index is 1410. The number of carbonyl (C=O) groups excluding carboxylic acids is 1. The van der Waals surface area contributed by atoms with E-state index in [9.17, 15) is 4.79 Å². The molecule has 172 valence electrons. The molecule has 34 heavy (non-hydrogen) atoms. The summed E-state index contributed by atoms with van der Waals surface area (Å²) in [4.78, 5) is 12.7. The van der Waals surface area contributed by atoms with Crippen LogP contribution in [-0.2, 0) is 12.8 Å². The monoisotopic (exact) mass is 456 g/mol. The quantitative estimate of drug-likeness (QED) is 0.322. The Morgan fingerprint density at radius 3 is 2.56 bits per heavy atom. The fraction of sp³-hybridized carbons (Fsp3) is 0.192. The highest BCUT2D eigenvalue weighted by molar-refractivity contribution is 6.02. The fourth-order valence-electron chi connectivity index (χ4n) is 4.49. The van der Waals surface area contributed by atoms with E-state index in [0.717, 1.165) is 23.8 Å². The zero-order chi connectivity index (χ0) is 23.7. The van der Waals surface area contributed by atoms with Crippen LogP contribution in [-0.4, -0.2) is 43.6 Å². The van der Waals surface area contributed by atoms with Crippen LogP contribution in [0.4, 0.5) is 0 Å². The van der Waals surface area contributed by atoms with Crippen LogP contribution >= 0.6 is 0 Å². The molecule has 0 saturated carbocycles. The number of benzene rings is 3. The van der Waals surface area contributed by atoms with Crippen LogP contribution in [0.5, 0.6) is 17.2 Å². The predicted molar refractivity (Wildman–Crippen MR) is 130 cm³/mol. The maximum atomic E-state index is 12.7. The zero-order valence-corrected chi connectivity index (χ0v) is 19.1. The van der Waals surface area contributed by atoms with E-state index in [4.69, 9.17) is 14.2 Å². The van der Waals surface area contributed by atoms with Gasteiger partial charge in [-0.3, -0.25) is 9.89 Å². The molecule has 1 aliphatic rings. The molecule has 1 aliphatic carbocycles. The van der Waals surface area contributed by atoms with Gasteiger partial charge < -0.3 is 14.2 Å². The van der Waals surface area contributed by atoms with Gasteiger partial charge in [-0.15, -0.1) is 0 Å². The Labute approximate surface area is 196 Å². The van der Waals surface area contributed by atoms with Gasteiger partial charge in [-0.05, 0) is 52.9 Å². The van der Waals surface area contributed by atoms with E-state index in [0.29, 0.717) is 34.2 Å². The molecule has 0 bridgehead atoms. The van der Waals surface area contributed by atoms with Crippen molar-refractivity contribution in [1.29, 1.82) is 0 Å². The van der Waals surface area contributed by atoms with E-state index >= 15 is 0 Å². The summed E-state index contributed by atoms with van der Waals surface area (Å²) in [7, 11) is 4.61. The van der Waals surface area contributed by atoms with Gasteiger partial charge >= 0.3 is 0 Å². The molecule has 0 radical (unpaired) electrons. The Hall–Kier alpha value is -4.33. The molecule has 1 amide bonds. The molecule has 1 aromatic heterocycles. The van der Waals surface area contributed by atoms with Gasteiger partial charge in [-0.25, -0.2) is 5.43 Å². The van der Waals surface area contributed by atoms with E-state index in [1.54, 1.807) is 25.3 Å². The Morgan fingerprint density at radius 2 is 1.79 bits per heavy atom. The Kier molecular flexibility index (Phi) is 5.63. The topological polar surface area (TPSA) is 97.8 Å². The summed E-state index contributed by atoms with van der Waals surface area (Å²) in [6.07, 6.45) is 3.61. The van der Waals surface area contributed by atoms with E-state index in [1.807, 2.05) is 0 Å². The number of carbonyl (C=O) groups is 1. The van der Waals surface area contributed by atoms with Crippen molar-refractivity contribution in [3.63, 3.8) is 0 Å². The van der Waals surface area contributed by atoms with Gasteiger partial charge in [-0.2, -0.15) is 10.2 Å². The number of nitrogens with zero attached hydrogens (tertiary/aromatic N) is 2. The number of ether oxygens (including phenoxy) is 3. The summed E-state index contributed by atoms with van der Waals surface area (Å²) >= 11 is 0.